The summed E-state index contributed by atoms with van der Waals surface area (Å²) >= 11 is 0. The summed E-state index contributed by atoms with van der Waals surface area (Å²) in [6, 6.07) is 3.75. The molecule has 2 N–H and O–H groups in total. The minimum Gasteiger partial charge on any atom is -0.403 e. The average molecular weight is 464 g/mol. The Labute approximate surface area is 179 Å². The standard InChI is InChI=1S/C18H15F3N8O2S/c1-3-32(30,31)13-4-11(24-8-10(6-22)7-23)9-25-15(13)17-26-12-5-14(18(19,20)21)27-28-16(12)29(17)2/h4-6,8-9H,3,22H2,1-2H3. The van der Waals surface area contributed by atoms with Crippen molar-refractivity contribution in [2.75, 3.05) is 5.75 Å². The first-order chi connectivity index (χ1) is 15.0. The molecular weight excluding hydrogens is 449 g/mol. The largest absolute Gasteiger partial charge is 0.435 e. The van der Waals surface area contributed by atoms with Gasteiger partial charge >= 0.3 is 6.18 Å². The van der Waals surface area contributed by atoms with Crippen molar-refractivity contribution in [3.63, 3.8) is 0 Å². The number of imidazole rings is 1. The van der Waals surface area contributed by atoms with Gasteiger partial charge in [0.25, 0.3) is 0 Å². The highest BCUT2D eigenvalue weighted by Crippen LogP contribution is 2.32. The topological polar surface area (TPSA) is 153 Å². The van der Waals surface area contributed by atoms with Gasteiger partial charge in [-0.2, -0.15) is 18.4 Å². The molecule has 32 heavy (non-hydrogen) atoms. The Morgan fingerprint density at radius 3 is 2.66 bits per heavy atom. The fraction of sp³-hybridized carbons (Fsp3) is 0.222. The zero-order valence-electron chi connectivity index (χ0n) is 16.7. The third-order valence-electron chi connectivity index (χ3n) is 4.33. The van der Waals surface area contributed by atoms with E-state index in [1.807, 2.05) is 0 Å². The van der Waals surface area contributed by atoms with Gasteiger partial charge in [0.15, 0.2) is 27.0 Å². The van der Waals surface area contributed by atoms with Gasteiger partial charge in [-0.1, -0.05) is 6.92 Å². The first kappa shape index (κ1) is 22.8. The number of rotatable bonds is 5. The van der Waals surface area contributed by atoms with Crippen molar-refractivity contribution >= 4 is 32.9 Å². The van der Waals surface area contributed by atoms with Crippen LogP contribution in [0.3, 0.4) is 0 Å². The quantitative estimate of drug-likeness (QED) is 0.446. The maximum Gasteiger partial charge on any atom is 0.435 e. The molecule has 3 heterocycles. The van der Waals surface area contributed by atoms with Crippen molar-refractivity contribution in [1.29, 1.82) is 5.26 Å². The predicted octanol–water partition coefficient (Wildman–Crippen LogP) is 2.31. The minimum absolute atomic E-state index is 0.0171. The molecule has 0 atom stereocenters. The molecule has 0 aliphatic rings. The molecule has 0 saturated carbocycles. The number of nitrogens with two attached hydrogens (primary N) is 1. The fourth-order valence-electron chi connectivity index (χ4n) is 2.65. The zero-order valence-corrected chi connectivity index (χ0v) is 17.5. The number of nitriles is 1. The van der Waals surface area contributed by atoms with Crippen LogP contribution in [0.4, 0.5) is 18.9 Å². The number of alkyl halides is 3. The first-order valence-electron chi connectivity index (χ1n) is 8.88. The molecule has 0 unspecified atom stereocenters. The monoisotopic (exact) mass is 464 g/mol. The van der Waals surface area contributed by atoms with E-state index < -0.39 is 21.7 Å². The van der Waals surface area contributed by atoms with Gasteiger partial charge in [-0.05, 0) is 6.07 Å². The number of hydrogen-bond donors (Lipinski definition) is 1. The summed E-state index contributed by atoms with van der Waals surface area (Å²) < 4.78 is 65.6. The maximum atomic E-state index is 13.0. The maximum absolute atomic E-state index is 13.0. The van der Waals surface area contributed by atoms with Crippen LogP contribution in [0.25, 0.3) is 22.7 Å². The molecule has 3 rings (SSSR count). The summed E-state index contributed by atoms with van der Waals surface area (Å²) in [4.78, 5) is 12.0. The van der Waals surface area contributed by atoms with E-state index in [2.05, 4.69) is 25.2 Å². The Morgan fingerprint density at radius 1 is 1.34 bits per heavy atom. The van der Waals surface area contributed by atoms with Crippen LogP contribution < -0.4 is 5.73 Å². The van der Waals surface area contributed by atoms with E-state index in [1.165, 1.54) is 30.8 Å². The molecule has 0 aromatic carbocycles. The highest BCUT2D eigenvalue weighted by molar-refractivity contribution is 7.91. The Kier molecular flexibility index (Phi) is 5.95. The van der Waals surface area contributed by atoms with Gasteiger partial charge in [0.2, 0.25) is 0 Å². The number of aliphatic imine (C=N–C) groups is 1. The molecular formula is C18H15F3N8O2S. The lowest BCUT2D eigenvalue weighted by Gasteiger charge is -2.09. The molecule has 0 fully saturated rings. The van der Waals surface area contributed by atoms with Gasteiger partial charge in [0, 0.05) is 25.5 Å². The molecule has 0 spiro atoms. The molecule has 0 aliphatic carbocycles. The Bertz CT molecular complexity index is 1400. The van der Waals surface area contributed by atoms with Crippen LogP contribution in [-0.4, -0.2) is 45.1 Å². The number of allylic oxidation sites excluding steroid dienone is 1. The van der Waals surface area contributed by atoms with E-state index in [0.29, 0.717) is 0 Å². The first-order valence-corrected chi connectivity index (χ1v) is 10.5. The molecule has 0 radical (unpaired) electrons. The SMILES string of the molecule is CCS(=O)(=O)c1cc(N=CC(C#N)=CN)cnc1-c1nc2cc(C(F)(F)F)nnc2n1C. The van der Waals surface area contributed by atoms with Gasteiger partial charge in [0.05, 0.1) is 28.1 Å². The number of halogens is 3. The van der Waals surface area contributed by atoms with Crippen LogP contribution >= 0.6 is 0 Å². The Balaban J connectivity index is 2.22. The summed E-state index contributed by atoms with van der Waals surface area (Å²) in [7, 11) is -2.39. The highest BCUT2D eigenvalue weighted by atomic mass is 32.2. The number of fused-ring (bicyclic) bond motifs is 1. The normalized spacial score (nSPS) is 13.1. The second-order valence-electron chi connectivity index (χ2n) is 6.37. The van der Waals surface area contributed by atoms with E-state index >= 15 is 0 Å². The van der Waals surface area contributed by atoms with E-state index in [1.54, 1.807) is 6.07 Å². The summed E-state index contributed by atoms with van der Waals surface area (Å²) in [5.41, 5.74) is 4.02. The highest BCUT2D eigenvalue weighted by Gasteiger charge is 2.34. The van der Waals surface area contributed by atoms with Crippen LogP contribution in [0.1, 0.15) is 12.6 Å². The number of pyridine rings is 1. The van der Waals surface area contributed by atoms with Crippen molar-refractivity contribution in [2.24, 2.45) is 17.8 Å². The summed E-state index contributed by atoms with van der Waals surface area (Å²) in [6.45, 7) is 1.43. The molecule has 0 saturated heterocycles. The third-order valence-corrected chi connectivity index (χ3v) is 6.08. The van der Waals surface area contributed by atoms with E-state index in [4.69, 9.17) is 11.0 Å². The number of hydrogen-bond acceptors (Lipinski definition) is 9. The van der Waals surface area contributed by atoms with Crippen LogP contribution in [0.2, 0.25) is 0 Å². The van der Waals surface area contributed by atoms with Crippen LogP contribution in [0.15, 0.2) is 40.0 Å². The second kappa shape index (κ2) is 8.35. The molecule has 3 aromatic rings. The summed E-state index contributed by atoms with van der Waals surface area (Å²) in [5, 5.41) is 15.6. The van der Waals surface area contributed by atoms with E-state index in [-0.39, 0.29) is 44.6 Å². The molecule has 3 aromatic heterocycles. The molecule has 0 aliphatic heterocycles. The lowest BCUT2D eigenvalue weighted by atomic mass is 10.3. The van der Waals surface area contributed by atoms with E-state index in [9.17, 15) is 21.6 Å². The predicted molar refractivity (Wildman–Crippen MR) is 108 cm³/mol. The molecule has 166 valence electrons. The number of nitrogens with zero attached hydrogens (tertiary/aromatic N) is 7. The fourth-order valence-corrected chi connectivity index (χ4v) is 3.70. The number of sulfone groups is 1. The van der Waals surface area contributed by atoms with Gasteiger partial charge < -0.3 is 10.3 Å². The van der Waals surface area contributed by atoms with Crippen molar-refractivity contribution < 1.29 is 21.6 Å². The van der Waals surface area contributed by atoms with Crippen LogP contribution in [0, 0.1) is 11.3 Å². The van der Waals surface area contributed by atoms with Crippen LogP contribution in [-0.2, 0) is 23.1 Å². The molecule has 14 heteroatoms. The van der Waals surface area contributed by atoms with Crippen molar-refractivity contribution in [2.45, 2.75) is 18.0 Å². The minimum atomic E-state index is -4.71. The van der Waals surface area contributed by atoms with Crippen LogP contribution in [0.5, 0.6) is 0 Å². The zero-order chi connectivity index (χ0) is 23.7. The lowest BCUT2D eigenvalue weighted by Crippen LogP contribution is -2.09. The molecule has 10 nitrogen and oxygen atoms in total. The summed E-state index contributed by atoms with van der Waals surface area (Å²) in [5.74, 6) is -0.293. The van der Waals surface area contributed by atoms with Gasteiger partial charge in [-0.25, -0.2) is 18.4 Å². The Morgan fingerprint density at radius 2 is 2.06 bits per heavy atom. The number of aryl methyl sites for hydroxylation is 1. The number of aromatic nitrogens is 5. The third kappa shape index (κ3) is 4.28. The smallest absolute Gasteiger partial charge is 0.403 e. The van der Waals surface area contributed by atoms with Crippen molar-refractivity contribution in [1.82, 2.24) is 24.7 Å². The van der Waals surface area contributed by atoms with Gasteiger partial charge in [0.1, 0.15) is 17.3 Å². The van der Waals surface area contributed by atoms with Crippen molar-refractivity contribution in [3.8, 4) is 17.6 Å². The van der Waals surface area contributed by atoms with Gasteiger partial charge in [-0.15, -0.1) is 10.2 Å². The van der Waals surface area contributed by atoms with E-state index in [0.717, 1.165) is 18.5 Å². The lowest BCUT2D eigenvalue weighted by molar-refractivity contribution is -0.141. The average Bonchev–Trinajstić information content (AvgIpc) is 3.09. The molecule has 0 amide bonds. The van der Waals surface area contributed by atoms with Crippen molar-refractivity contribution in [3.05, 3.63) is 35.8 Å². The second-order valence-corrected chi connectivity index (χ2v) is 8.61. The molecule has 0 bridgehead atoms. The Hall–Kier alpha value is -3.86. The summed E-state index contributed by atoms with van der Waals surface area (Å²) in [6.07, 6.45) is -1.31. The van der Waals surface area contributed by atoms with Gasteiger partial charge in [-0.3, -0.25) is 4.99 Å².